The van der Waals surface area contributed by atoms with Gasteiger partial charge in [0.05, 0.1) is 18.6 Å². The van der Waals surface area contributed by atoms with E-state index >= 15 is 0 Å². The predicted octanol–water partition coefficient (Wildman–Crippen LogP) is 3.47. The lowest BCUT2D eigenvalue weighted by molar-refractivity contribution is -0.153. The molecule has 20 heavy (non-hydrogen) atoms. The maximum absolute atomic E-state index is 10.9. The lowest BCUT2D eigenvalue weighted by atomic mass is 9.93. The molecule has 1 fully saturated rings. The van der Waals surface area contributed by atoms with Crippen LogP contribution in [0, 0.1) is 17.8 Å². The van der Waals surface area contributed by atoms with E-state index in [4.69, 9.17) is 14.6 Å². The zero-order valence-corrected chi connectivity index (χ0v) is 13.4. The minimum Gasteiger partial charge on any atom is -0.481 e. The van der Waals surface area contributed by atoms with Crippen LogP contribution in [0.25, 0.3) is 0 Å². The van der Waals surface area contributed by atoms with Crippen molar-refractivity contribution in [2.45, 2.75) is 66.0 Å². The van der Waals surface area contributed by atoms with Gasteiger partial charge in [0.25, 0.3) is 0 Å². The highest BCUT2D eigenvalue weighted by molar-refractivity contribution is 5.67. The monoisotopic (exact) mass is 284 g/mol. The molecule has 0 amide bonds. The van der Waals surface area contributed by atoms with E-state index in [1.54, 1.807) is 0 Å². The first-order chi connectivity index (χ1) is 9.12. The van der Waals surface area contributed by atoms with Crippen LogP contribution >= 0.6 is 0 Å². The Balaban J connectivity index is 2.73. The molecule has 0 aliphatic carbocycles. The SMILES string of the molecule is CC(C)[C@H](C)/C=C\C(C)[C@H]1OC(C)(C)O[C@H]1CC(=O)O. The molecule has 0 saturated carbocycles. The maximum atomic E-state index is 10.9. The molecule has 0 radical (unpaired) electrons. The molecule has 1 heterocycles. The van der Waals surface area contributed by atoms with Crippen LogP contribution < -0.4 is 0 Å². The molecule has 0 aromatic heterocycles. The first-order valence-electron chi connectivity index (χ1n) is 7.38. The topological polar surface area (TPSA) is 55.8 Å². The van der Waals surface area contributed by atoms with Gasteiger partial charge in [0.1, 0.15) is 0 Å². The lowest BCUT2D eigenvalue weighted by Gasteiger charge is -2.21. The zero-order chi connectivity index (χ0) is 15.5. The van der Waals surface area contributed by atoms with Crippen molar-refractivity contribution in [2.75, 3.05) is 0 Å². The van der Waals surface area contributed by atoms with E-state index in [0.29, 0.717) is 11.8 Å². The Morgan fingerprint density at radius 1 is 1.20 bits per heavy atom. The van der Waals surface area contributed by atoms with Gasteiger partial charge in [0, 0.05) is 5.92 Å². The largest absolute Gasteiger partial charge is 0.481 e. The Hall–Kier alpha value is -0.870. The molecule has 1 saturated heterocycles. The van der Waals surface area contributed by atoms with Gasteiger partial charge in [-0.25, -0.2) is 0 Å². The van der Waals surface area contributed by atoms with Gasteiger partial charge >= 0.3 is 5.97 Å². The third-order valence-corrected chi connectivity index (χ3v) is 3.89. The second-order valence-corrected chi connectivity index (χ2v) is 6.58. The van der Waals surface area contributed by atoms with Crippen molar-refractivity contribution < 1.29 is 19.4 Å². The smallest absolute Gasteiger partial charge is 0.306 e. The summed E-state index contributed by atoms with van der Waals surface area (Å²) >= 11 is 0. The second kappa shape index (κ2) is 6.72. The van der Waals surface area contributed by atoms with Crippen molar-refractivity contribution in [3.8, 4) is 0 Å². The summed E-state index contributed by atoms with van der Waals surface area (Å²) in [6.07, 6.45) is 3.68. The number of carboxylic acid groups (broad SMARTS) is 1. The summed E-state index contributed by atoms with van der Waals surface area (Å²) in [5.74, 6) is -0.359. The average Bonchev–Trinajstić information content (AvgIpc) is 2.59. The third kappa shape index (κ3) is 4.91. The Morgan fingerprint density at radius 3 is 2.30 bits per heavy atom. The van der Waals surface area contributed by atoms with Crippen LogP contribution in [0.2, 0.25) is 0 Å². The summed E-state index contributed by atoms with van der Waals surface area (Å²) in [6, 6.07) is 0. The molecular formula is C16H28O4. The van der Waals surface area contributed by atoms with E-state index in [-0.39, 0.29) is 18.4 Å². The summed E-state index contributed by atoms with van der Waals surface area (Å²) < 4.78 is 11.6. The Bertz CT molecular complexity index is 359. The van der Waals surface area contributed by atoms with Crippen LogP contribution in [-0.2, 0) is 14.3 Å². The van der Waals surface area contributed by atoms with Crippen molar-refractivity contribution in [3.05, 3.63) is 12.2 Å². The summed E-state index contributed by atoms with van der Waals surface area (Å²) in [7, 11) is 0. The van der Waals surface area contributed by atoms with Crippen molar-refractivity contribution in [3.63, 3.8) is 0 Å². The number of allylic oxidation sites excluding steroid dienone is 1. The second-order valence-electron chi connectivity index (χ2n) is 6.58. The standard InChI is InChI=1S/C16H28O4/c1-10(2)11(3)7-8-12(4)15-13(9-14(17)18)19-16(5,6)20-15/h7-8,10-13,15H,9H2,1-6H3,(H,17,18)/b8-7-/t11-,12?,13+,15-/m1/s1. The predicted molar refractivity (Wildman–Crippen MR) is 78.4 cm³/mol. The van der Waals surface area contributed by atoms with E-state index in [0.717, 1.165) is 0 Å². The van der Waals surface area contributed by atoms with Crippen LogP contribution in [0.3, 0.4) is 0 Å². The van der Waals surface area contributed by atoms with Gasteiger partial charge < -0.3 is 14.6 Å². The van der Waals surface area contributed by atoms with Gasteiger partial charge in [0.2, 0.25) is 0 Å². The van der Waals surface area contributed by atoms with Crippen molar-refractivity contribution in [1.29, 1.82) is 0 Å². The lowest BCUT2D eigenvalue weighted by Crippen LogP contribution is -2.30. The molecule has 116 valence electrons. The summed E-state index contributed by atoms with van der Waals surface area (Å²) in [5, 5.41) is 8.98. The van der Waals surface area contributed by atoms with Crippen LogP contribution in [-0.4, -0.2) is 29.1 Å². The van der Waals surface area contributed by atoms with Gasteiger partial charge in [0.15, 0.2) is 5.79 Å². The number of hydrogen-bond donors (Lipinski definition) is 1. The molecule has 1 aliphatic heterocycles. The van der Waals surface area contributed by atoms with Crippen LogP contribution in [0.1, 0.15) is 48.0 Å². The fourth-order valence-corrected chi connectivity index (χ4v) is 2.32. The van der Waals surface area contributed by atoms with E-state index in [9.17, 15) is 4.79 Å². The highest BCUT2D eigenvalue weighted by atomic mass is 16.8. The molecule has 0 aromatic rings. The van der Waals surface area contributed by atoms with Crippen LogP contribution in [0.5, 0.6) is 0 Å². The number of carboxylic acids is 1. The Kier molecular flexibility index (Phi) is 5.78. The molecule has 1 N–H and O–H groups in total. The van der Waals surface area contributed by atoms with Crippen molar-refractivity contribution >= 4 is 5.97 Å². The molecule has 1 rings (SSSR count). The van der Waals surface area contributed by atoms with Gasteiger partial charge in [-0.3, -0.25) is 4.79 Å². The van der Waals surface area contributed by atoms with Gasteiger partial charge in [-0.1, -0.05) is 39.8 Å². The number of carbonyl (C=O) groups is 1. The average molecular weight is 284 g/mol. The van der Waals surface area contributed by atoms with Crippen molar-refractivity contribution in [2.24, 2.45) is 17.8 Å². The normalized spacial score (nSPS) is 28.9. The molecule has 0 bridgehead atoms. The highest BCUT2D eigenvalue weighted by Crippen LogP contribution is 2.34. The van der Waals surface area contributed by atoms with Gasteiger partial charge in [-0.05, 0) is 25.7 Å². The first-order valence-corrected chi connectivity index (χ1v) is 7.38. The highest BCUT2D eigenvalue weighted by Gasteiger charge is 2.43. The third-order valence-electron chi connectivity index (χ3n) is 3.89. The quantitative estimate of drug-likeness (QED) is 0.759. The molecule has 1 unspecified atom stereocenters. The van der Waals surface area contributed by atoms with E-state index < -0.39 is 17.9 Å². The minimum absolute atomic E-state index is 0.0218. The van der Waals surface area contributed by atoms with E-state index in [1.165, 1.54) is 0 Å². The summed E-state index contributed by atoms with van der Waals surface area (Å²) in [5.41, 5.74) is 0. The van der Waals surface area contributed by atoms with E-state index in [2.05, 4.69) is 32.9 Å². The fourth-order valence-electron chi connectivity index (χ4n) is 2.32. The van der Waals surface area contributed by atoms with Crippen molar-refractivity contribution in [1.82, 2.24) is 0 Å². The summed E-state index contributed by atoms with van der Waals surface area (Å²) in [6.45, 7) is 12.3. The number of ether oxygens (including phenoxy) is 2. The van der Waals surface area contributed by atoms with Gasteiger partial charge in [-0.15, -0.1) is 0 Å². The molecule has 4 nitrogen and oxygen atoms in total. The van der Waals surface area contributed by atoms with Gasteiger partial charge in [-0.2, -0.15) is 0 Å². The number of rotatable bonds is 6. The zero-order valence-electron chi connectivity index (χ0n) is 13.4. The summed E-state index contributed by atoms with van der Waals surface area (Å²) in [4.78, 5) is 10.9. The van der Waals surface area contributed by atoms with Crippen LogP contribution in [0.4, 0.5) is 0 Å². The fraction of sp³-hybridized carbons (Fsp3) is 0.812. The molecular weight excluding hydrogens is 256 g/mol. The van der Waals surface area contributed by atoms with Crippen LogP contribution in [0.15, 0.2) is 12.2 Å². The molecule has 4 atom stereocenters. The maximum Gasteiger partial charge on any atom is 0.306 e. The molecule has 0 spiro atoms. The molecule has 4 heteroatoms. The molecule has 1 aliphatic rings. The first kappa shape index (κ1) is 17.2. The number of aliphatic carboxylic acids is 1. The van der Waals surface area contributed by atoms with E-state index in [1.807, 2.05) is 20.8 Å². The number of hydrogen-bond acceptors (Lipinski definition) is 3. The Labute approximate surface area is 122 Å². The molecule has 0 aromatic carbocycles. The minimum atomic E-state index is -0.854. The Morgan fingerprint density at radius 2 is 1.80 bits per heavy atom.